The van der Waals surface area contributed by atoms with Crippen molar-refractivity contribution < 1.29 is 17.9 Å². The molecule has 2 aromatic carbocycles. The van der Waals surface area contributed by atoms with E-state index in [0.29, 0.717) is 6.54 Å². The second-order valence-electron chi connectivity index (χ2n) is 7.11. The van der Waals surface area contributed by atoms with E-state index in [2.05, 4.69) is 36.6 Å². The molecule has 6 heteroatoms. The zero-order valence-electron chi connectivity index (χ0n) is 17.7. The van der Waals surface area contributed by atoms with E-state index in [0.717, 1.165) is 40.8 Å². The third-order valence-electron chi connectivity index (χ3n) is 5.05. The second kappa shape index (κ2) is 9.35. The van der Waals surface area contributed by atoms with E-state index in [-0.39, 0.29) is 5.75 Å². The monoisotopic (exact) mass is 406 g/mol. The third-order valence-corrected chi connectivity index (χ3v) is 5.05. The number of allylic oxidation sites excluding steroid dienone is 1. The van der Waals surface area contributed by atoms with Gasteiger partial charge in [0.05, 0.1) is 0 Å². The van der Waals surface area contributed by atoms with Crippen LogP contribution in [-0.4, -0.2) is 13.4 Å². The lowest BCUT2D eigenvalue weighted by atomic mass is 9.90. The number of hydrogen-bond donors (Lipinski definition) is 1. The molecule has 0 bridgehead atoms. The standard InChI is InChI=1S/C23H29F3N2O/c1-6-15(3)14-28(5)22-16(4)21(12-18(13-27)20(22)7-2)17-8-10-19(11-9-17)29-23(24,25)26/h8-12,14H,6-7,13,27H2,1-5H3/b15-14+. The van der Waals surface area contributed by atoms with Crippen LogP contribution in [0.25, 0.3) is 11.1 Å². The molecule has 0 aliphatic rings. The average molecular weight is 406 g/mol. The van der Waals surface area contributed by atoms with Crippen LogP contribution < -0.4 is 15.4 Å². The molecule has 0 aromatic heterocycles. The zero-order chi connectivity index (χ0) is 21.8. The first-order valence-electron chi connectivity index (χ1n) is 9.72. The fourth-order valence-electron chi connectivity index (χ4n) is 3.55. The zero-order valence-corrected chi connectivity index (χ0v) is 17.7. The molecule has 0 saturated carbocycles. The van der Waals surface area contributed by atoms with E-state index >= 15 is 0 Å². The van der Waals surface area contributed by atoms with Crippen molar-refractivity contribution in [3.63, 3.8) is 0 Å². The highest BCUT2D eigenvalue weighted by Gasteiger charge is 2.31. The van der Waals surface area contributed by atoms with Crippen molar-refractivity contribution in [3.05, 3.63) is 58.8 Å². The summed E-state index contributed by atoms with van der Waals surface area (Å²) >= 11 is 0. The van der Waals surface area contributed by atoms with Gasteiger partial charge in [-0.15, -0.1) is 13.2 Å². The van der Waals surface area contributed by atoms with Crippen LogP contribution in [0.2, 0.25) is 0 Å². The molecule has 3 nitrogen and oxygen atoms in total. The lowest BCUT2D eigenvalue weighted by molar-refractivity contribution is -0.274. The predicted octanol–water partition coefficient (Wildman–Crippen LogP) is 6.33. The van der Waals surface area contributed by atoms with Gasteiger partial charge in [0.1, 0.15) is 5.75 Å². The normalized spacial score (nSPS) is 12.2. The van der Waals surface area contributed by atoms with Crippen LogP contribution in [0.5, 0.6) is 5.75 Å². The van der Waals surface area contributed by atoms with Crippen LogP contribution in [0.15, 0.2) is 42.1 Å². The number of alkyl halides is 3. The molecule has 0 heterocycles. The molecule has 158 valence electrons. The first-order valence-corrected chi connectivity index (χ1v) is 9.72. The number of ether oxygens (including phenoxy) is 1. The minimum absolute atomic E-state index is 0.234. The van der Waals surface area contributed by atoms with Crippen LogP contribution in [0.1, 0.15) is 43.9 Å². The van der Waals surface area contributed by atoms with E-state index in [4.69, 9.17) is 5.73 Å². The maximum absolute atomic E-state index is 12.4. The molecular weight excluding hydrogens is 377 g/mol. The molecular formula is C23H29F3N2O. The van der Waals surface area contributed by atoms with E-state index in [9.17, 15) is 13.2 Å². The summed E-state index contributed by atoms with van der Waals surface area (Å²) in [5.74, 6) is -0.234. The molecule has 0 atom stereocenters. The van der Waals surface area contributed by atoms with Gasteiger partial charge in [-0.25, -0.2) is 0 Å². The Bertz CT molecular complexity index is 871. The van der Waals surface area contributed by atoms with Gasteiger partial charge in [0.25, 0.3) is 0 Å². The molecule has 0 fully saturated rings. The third kappa shape index (κ3) is 5.54. The van der Waals surface area contributed by atoms with E-state index in [1.54, 1.807) is 12.1 Å². The molecule has 29 heavy (non-hydrogen) atoms. The number of nitrogens with zero attached hydrogens (tertiary/aromatic N) is 1. The second-order valence-corrected chi connectivity index (χ2v) is 7.11. The van der Waals surface area contributed by atoms with Crippen LogP contribution in [0, 0.1) is 6.92 Å². The Hall–Kier alpha value is -2.47. The number of rotatable bonds is 7. The van der Waals surface area contributed by atoms with Gasteiger partial charge in [0, 0.05) is 25.5 Å². The highest BCUT2D eigenvalue weighted by atomic mass is 19.4. The summed E-state index contributed by atoms with van der Waals surface area (Å²) in [6, 6.07) is 8.01. The molecule has 0 amide bonds. The van der Waals surface area contributed by atoms with Crippen LogP contribution in [0.3, 0.4) is 0 Å². The van der Waals surface area contributed by atoms with Gasteiger partial charge >= 0.3 is 6.36 Å². The Morgan fingerprint density at radius 2 is 1.79 bits per heavy atom. The maximum atomic E-state index is 12.4. The van der Waals surface area contributed by atoms with Crippen molar-refractivity contribution in [3.8, 4) is 16.9 Å². The van der Waals surface area contributed by atoms with E-state index in [1.165, 1.54) is 23.3 Å². The van der Waals surface area contributed by atoms with Gasteiger partial charge in [-0.05, 0) is 72.7 Å². The summed E-state index contributed by atoms with van der Waals surface area (Å²) in [5.41, 5.74) is 13.4. The van der Waals surface area contributed by atoms with Crippen LogP contribution in [-0.2, 0) is 13.0 Å². The first kappa shape index (κ1) is 22.8. The van der Waals surface area contributed by atoms with Gasteiger partial charge in [0.2, 0.25) is 0 Å². The Labute approximate surface area is 171 Å². The molecule has 0 unspecified atom stereocenters. The van der Waals surface area contributed by atoms with Crippen LogP contribution in [0.4, 0.5) is 18.9 Å². The summed E-state index contributed by atoms with van der Waals surface area (Å²) < 4.78 is 41.3. The Morgan fingerprint density at radius 3 is 2.28 bits per heavy atom. The van der Waals surface area contributed by atoms with Crippen molar-refractivity contribution in [2.75, 3.05) is 11.9 Å². The van der Waals surface area contributed by atoms with E-state index < -0.39 is 6.36 Å². The Morgan fingerprint density at radius 1 is 1.17 bits per heavy atom. The van der Waals surface area contributed by atoms with Crippen molar-refractivity contribution in [1.29, 1.82) is 0 Å². The minimum Gasteiger partial charge on any atom is -0.406 e. The lowest BCUT2D eigenvalue weighted by Gasteiger charge is -2.26. The fraction of sp³-hybridized carbons (Fsp3) is 0.391. The topological polar surface area (TPSA) is 38.5 Å². The first-order chi connectivity index (χ1) is 13.6. The summed E-state index contributed by atoms with van der Waals surface area (Å²) in [4.78, 5) is 2.12. The van der Waals surface area contributed by atoms with E-state index in [1.807, 2.05) is 20.0 Å². The summed E-state index contributed by atoms with van der Waals surface area (Å²) in [6.07, 6.45) is -0.794. The van der Waals surface area contributed by atoms with Gasteiger partial charge in [-0.3, -0.25) is 0 Å². The predicted molar refractivity (Wildman–Crippen MR) is 113 cm³/mol. The van der Waals surface area contributed by atoms with Gasteiger partial charge in [0.15, 0.2) is 0 Å². The molecule has 0 aliphatic carbocycles. The summed E-state index contributed by atoms with van der Waals surface area (Å²) in [6.45, 7) is 8.73. The number of nitrogens with two attached hydrogens (primary N) is 1. The molecule has 0 radical (unpaired) electrons. The average Bonchev–Trinajstić information content (AvgIpc) is 2.66. The lowest BCUT2D eigenvalue weighted by Crippen LogP contribution is -2.17. The molecule has 2 N–H and O–H groups in total. The largest absolute Gasteiger partial charge is 0.573 e. The molecule has 0 spiro atoms. The smallest absolute Gasteiger partial charge is 0.406 e. The minimum atomic E-state index is -4.70. The number of benzene rings is 2. The number of anilines is 1. The highest BCUT2D eigenvalue weighted by Crippen LogP contribution is 2.37. The SMILES string of the molecule is CC/C(C)=C/N(C)c1c(C)c(-c2ccc(OC(F)(F)F)cc2)cc(CN)c1CC. The Kier molecular flexibility index (Phi) is 7.36. The quantitative estimate of drug-likeness (QED) is 0.584. The van der Waals surface area contributed by atoms with Gasteiger partial charge in [-0.2, -0.15) is 0 Å². The highest BCUT2D eigenvalue weighted by molar-refractivity contribution is 5.78. The molecule has 0 aliphatic heterocycles. The number of hydrogen-bond acceptors (Lipinski definition) is 3. The van der Waals surface area contributed by atoms with Crippen molar-refractivity contribution in [1.82, 2.24) is 0 Å². The Balaban J connectivity index is 2.60. The summed E-state index contributed by atoms with van der Waals surface area (Å²) in [7, 11) is 2.02. The summed E-state index contributed by atoms with van der Waals surface area (Å²) in [5, 5.41) is 0. The van der Waals surface area contributed by atoms with Crippen molar-refractivity contribution in [2.24, 2.45) is 5.73 Å². The molecule has 2 rings (SSSR count). The molecule has 2 aromatic rings. The number of halogens is 3. The van der Waals surface area contributed by atoms with Gasteiger partial charge < -0.3 is 15.4 Å². The van der Waals surface area contributed by atoms with Gasteiger partial charge in [-0.1, -0.05) is 31.6 Å². The maximum Gasteiger partial charge on any atom is 0.573 e. The fourth-order valence-corrected chi connectivity index (χ4v) is 3.55. The van der Waals surface area contributed by atoms with Crippen LogP contribution >= 0.6 is 0 Å². The van der Waals surface area contributed by atoms with Crippen molar-refractivity contribution in [2.45, 2.75) is 53.4 Å². The molecule has 0 saturated heterocycles. The van der Waals surface area contributed by atoms with Crippen molar-refractivity contribution >= 4 is 5.69 Å².